The Bertz CT molecular complexity index is 300. The largest absolute Gasteiger partial charge is 0.466 e. The highest BCUT2D eigenvalue weighted by Crippen LogP contribution is 2.26. The summed E-state index contributed by atoms with van der Waals surface area (Å²) in [6.07, 6.45) is 1.27. The van der Waals surface area contributed by atoms with Crippen molar-refractivity contribution in [3.8, 4) is 0 Å². The van der Waals surface area contributed by atoms with E-state index in [4.69, 9.17) is 4.42 Å². The van der Waals surface area contributed by atoms with Gasteiger partial charge in [0, 0.05) is 17.4 Å². The zero-order valence-electron chi connectivity index (χ0n) is 8.80. The van der Waals surface area contributed by atoms with Gasteiger partial charge in [-0.2, -0.15) is 11.8 Å². The van der Waals surface area contributed by atoms with Crippen LogP contribution in [-0.2, 0) is 0 Å². The van der Waals surface area contributed by atoms with Gasteiger partial charge in [0.05, 0.1) is 0 Å². The summed E-state index contributed by atoms with van der Waals surface area (Å²) in [5, 5.41) is 3.57. The van der Waals surface area contributed by atoms with Gasteiger partial charge in [0.2, 0.25) is 0 Å². The fourth-order valence-corrected chi connectivity index (χ4v) is 2.96. The molecule has 0 aromatic carbocycles. The Labute approximate surface area is 89.4 Å². The summed E-state index contributed by atoms with van der Waals surface area (Å²) < 4.78 is 5.56. The molecule has 1 aliphatic heterocycles. The Morgan fingerprint density at radius 1 is 1.50 bits per heavy atom. The molecule has 0 spiro atoms. The van der Waals surface area contributed by atoms with E-state index in [9.17, 15) is 0 Å². The number of nitrogens with one attached hydrogen (secondary N) is 1. The third kappa shape index (κ3) is 2.15. The van der Waals surface area contributed by atoms with Crippen LogP contribution < -0.4 is 5.32 Å². The summed E-state index contributed by atoms with van der Waals surface area (Å²) in [5.41, 5.74) is 1.34. The second kappa shape index (κ2) is 4.41. The molecule has 0 bridgehead atoms. The van der Waals surface area contributed by atoms with E-state index in [-0.39, 0.29) is 0 Å². The monoisotopic (exact) mass is 211 g/mol. The Kier molecular flexibility index (Phi) is 3.19. The molecule has 3 heteroatoms. The lowest BCUT2D eigenvalue weighted by Gasteiger charge is -2.13. The van der Waals surface area contributed by atoms with E-state index in [0.29, 0.717) is 6.04 Å². The Hall–Kier alpha value is -0.410. The predicted octanol–water partition coefficient (Wildman–Crippen LogP) is 2.66. The molecule has 0 amide bonds. The van der Waals surface area contributed by atoms with Crippen molar-refractivity contribution in [3.05, 3.63) is 23.2 Å². The molecule has 1 fully saturated rings. The SMILES string of the molecule is Cc1cc(C2CSCCCN2)c(C)o1. The maximum absolute atomic E-state index is 5.56. The molecule has 2 heterocycles. The van der Waals surface area contributed by atoms with Gasteiger partial charge in [0.25, 0.3) is 0 Å². The van der Waals surface area contributed by atoms with Gasteiger partial charge in [-0.25, -0.2) is 0 Å². The number of rotatable bonds is 1. The summed E-state index contributed by atoms with van der Waals surface area (Å²) in [5.74, 6) is 4.54. The maximum atomic E-state index is 5.56. The van der Waals surface area contributed by atoms with E-state index in [1.165, 1.54) is 23.5 Å². The van der Waals surface area contributed by atoms with Crippen molar-refractivity contribution in [1.29, 1.82) is 0 Å². The second-order valence-corrected chi connectivity index (χ2v) is 4.95. The molecule has 1 saturated heterocycles. The molecule has 1 N–H and O–H groups in total. The summed E-state index contributed by atoms with van der Waals surface area (Å²) in [4.78, 5) is 0. The van der Waals surface area contributed by atoms with Gasteiger partial charge < -0.3 is 9.73 Å². The van der Waals surface area contributed by atoms with E-state index in [1.807, 2.05) is 18.7 Å². The summed E-state index contributed by atoms with van der Waals surface area (Å²) in [6.45, 7) is 5.20. The molecule has 0 saturated carbocycles. The summed E-state index contributed by atoms with van der Waals surface area (Å²) in [7, 11) is 0. The van der Waals surface area contributed by atoms with Gasteiger partial charge in [-0.05, 0) is 38.6 Å². The average Bonchev–Trinajstić information content (AvgIpc) is 2.43. The molecule has 78 valence electrons. The van der Waals surface area contributed by atoms with Gasteiger partial charge in [-0.3, -0.25) is 0 Å². The lowest BCUT2D eigenvalue weighted by molar-refractivity contribution is 0.492. The lowest BCUT2D eigenvalue weighted by atomic mass is 10.1. The number of hydrogen-bond donors (Lipinski definition) is 1. The van der Waals surface area contributed by atoms with Crippen LogP contribution in [0.5, 0.6) is 0 Å². The third-order valence-electron chi connectivity index (χ3n) is 2.60. The molecule has 2 nitrogen and oxygen atoms in total. The minimum absolute atomic E-state index is 0.486. The van der Waals surface area contributed by atoms with Crippen molar-refractivity contribution in [2.45, 2.75) is 26.3 Å². The molecular weight excluding hydrogens is 194 g/mol. The number of hydrogen-bond acceptors (Lipinski definition) is 3. The molecule has 14 heavy (non-hydrogen) atoms. The first-order valence-corrected chi connectivity index (χ1v) is 6.31. The van der Waals surface area contributed by atoms with Gasteiger partial charge in [-0.15, -0.1) is 0 Å². The molecule has 0 aliphatic carbocycles. The third-order valence-corrected chi connectivity index (χ3v) is 3.74. The van der Waals surface area contributed by atoms with Crippen molar-refractivity contribution in [2.75, 3.05) is 18.1 Å². The van der Waals surface area contributed by atoms with Crippen LogP contribution in [0, 0.1) is 13.8 Å². The van der Waals surface area contributed by atoms with Gasteiger partial charge in [0.15, 0.2) is 0 Å². The minimum Gasteiger partial charge on any atom is -0.466 e. The van der Waals surface area contributed by atoms with E-state index in [2.05, 4.69) is 18.3 Å². The smallest absolute Gasteiger partial charge is 0.105 e. The first-order chi connectivity index (χ1) is 6.77. The van der Waals surface area contributed by atoms with Crippen LogP contribution in [0.3, 0.4) is 0 Å². The normalized spacial score (nSPS) is 23.4. The second-order valence-electron chi connectivity index (χ2n) is 3.80. The zero-order chi connectivity index (χ0) is 9.97. The zero-order valence-corrected chi connectivity index (χ0v) is 9.62. The topological polar surface area (TPSA) is 25.2 Å². The van der Waals surface area contributed by atoms with E-state index < -0.39 is 0 Å². The molecular formula is C11H17NOS. The van der Waals surface area contributed by atoms with Gasteiger partial charge in [0.1, 0.15) is 11.5 Å². The Morgan fingerprint density at radius 2 is 2.36 bits per heavy atom. The fourth-order valence-electron chi connectivity index (χ4n) is 1.91. The molecule has 1 aliphatic rings. The molecule has 2 rings (SSSR count). The highest BCUT2D eigenvalue weighted by atomic mass is 32.2. The van der Waals surface area contributed by atoms with Gasteiger partial charge >= 0.3 is 0 Å². The van der Waals surface area contributed by atoms with Gasteiger partial charge in [-0.1, -0.05) is 0 Å². The molecule has 1 atom stereocenters. The molecule has 0 radical (unpaired) electrons. The first-order valence-electron chi connectivity index (χ1n) is 5.15. The van der Waals surface area contributed by atoms with Crippen molar-refractivity contribution < 1.29 is 4.42 Å². The van der Waals surface area contributed by atoms with Crippen LogP contribution in [0.4, 0.5) is 0 Å². The standard InChI is InChI=1S/C11H17NOS/c1-8-6-10(9(2)13-8)11-7-14-5-3-4-12-11/h6,11-12H,3-5,7H2,1-2H3. The maximum Gasteiger partial charge on any atom is 0.105 e. The number of furan rings is 1. The molecule has 1 unspecified atom stereocenters. The Balaban J connectivity index is 2.15. The van der Waals surface area contributed by atoms with Crippen molar-refractivity contribution in [1.82, 2.24) is 5.32 Å². The predicted molar refractivity (Wildman–Crippen MR) is 60.9 cm³/mol. The summed E-state index contributed by atoms with van der Waals surface area (Å²) >= 11 is 2.03. The number of thioether (sulfide) groups is 1. The van der Waals surface area contributed by atoms with Crippen molar-refractivity contribution >= 4 is 11.8 Å². The van der Waals surface area contributed by atoms with Crippen LogP contribution in [0.2, 0.25) is 0 Å². The van der Waals surface area contributed by atoms with Crippen LogP contribution in [-0.4, -0.2) is 18.1 Å². The average molecular weight is 211 g/mol. The minimum atomic E-state index is 0.486. The van der Waals surface area contributed by atoms with Crippen LogP contribution in [0.1, 0.15) is 29.5 Å². The van der Waals surface area contributed by atoms with Crippen molar-refractivity contribution in [2.24, 2.45) is 0 Å². The first kappa shape index (κ1) is 10.1. The van der Waals surface area contributed by atoms with Crippen LogP contribution in [0.15, 0.2) is 10.5 Å². The highest BCUT2D eigenvalue weighted by Gasteiger charge is 2.18. The fraction of sp³-hybridized carbons (Fsp3) is 0.636. The summed E-state index contributed by atoms with van der Waals surface area (Å²) in [6, 6.07) is 2.65. The van der Waals surface area contributed by atoms with Crippen LogP contribution in [0.25, 0.3) is 0 Å². The van der Waals surface area contributed by atoms with E-state index in [1.54, 1.807) is 0 Å². The molecule has 1 aromatic rings. The van der Waals surface area contributed by atoms with E-state index in [0.717, 1.165) is 18.1 Å². The quantitative estimate of drug-likeness (QED) is 0.773. The Morgan fingerprint density at radius 3 is 3.07 bits per heavy atom. The number of aryl methyl sites for hydroxylation is 2. The molecule has 1 aromatic heterocycles. The van der Waals surface area contributed by atoms with Crippen molar-refractivity contribution in [3.63, 3.8) is 0 Å². The highest BCUT2D eigenvalue weighted by molar-refractivity contribution is 7.99. The lowest BCUT2D eigenvalue weighted by Crippen LogP contribution is -2.22. The van der Waals surface area contributed by atoms with E-state index >= 15 is 0 Å². The van der Waals surface area contributed by atoms with Crippen LogP contribution >= 0.6 is 11.8 Å².